The van der Waals surface area contributed by atoms with Crippen LogP contribution in [-0.4, -0.2) is 13.7 Å². The van der Waals surface area contributed by atoms with Crippen molar-refractivity contribution in [1.29, 1.82) is 0 Å². The smallest absolute Gasteiger partial charge is 0.165 e. The number of nitrogens with one attached hydrogen (secondary N) is 1. The van der Waals surface area contributed by atoms with Crippen LogP contribution in [0.2, 0.25) is 0 Å². The van der Waals surface area contributed by atoms with E-state index in [9.17, 15) is 4.39 Å². The number of halogens is 1. The topological polar surface area (TPSA) is 21.3 Å². The highest BCUT2D eigenvalue weighted by atomic mass is 19.1. The van der Waals surface area contributed by atoms with Crippen molar-refractivity contribution in [1.82, 2.24) is 5.32 Å². The largest absolute Gasteiger partial charge is 0.494 e. The molecule has 0 saturated heterocycles. The van der Waals surface area contributed by atoms with E-state index in [2.05, 4.69) is 11.2 Å². The molecule has 0 amide bonds. The molecule has 1 N–H and O–H groups in total. The lowest BCUT2D eigenvalue weighted by molar-refractivity contribution is 0.385. The van der Waals surface area contributed by atoms with E-state index >= 15 is 0 Å². The number of rotatable bonds is 4. The van der Waals surface area contributed by atoms with Crippen LogP contribution in [0, 0.1) is 18.2 Å². The second kappa shape index (κ2) is 5.38. The van der Waals surface area contributed by atoms with E-state index in [1.165, 1.54) is 13.2 Å². The van der Waals surface area contributed by atoms with Gasteiger partial charge in [-0.05, 0) is 24.6 Å². The van der Waals surface area contributed by atoms with Crippen LogP contribution in [0.5, 0.6) is 5.75 Å². The second-order valence-corrected chi connectivity index (χ2v) is 3.20. The van der Waals surface area contributed by atoms with Crippen LogP contribution in [0.1, 0.15) is 18.5 Å². The summed E-state index contributed by atoms with van der Waals surface area (Å²) >= 11 is 0. The fraction of sp³-hybridized carbons (Fsp3) is 0.333. The van der Waals surface area contributed by atoms with E-state index < -0.39 is 0 Å². The summed E-state index contributed by atoms with van der Waals surface area (Å²) in [6.07, 6.45) is 5.14. The standard InChI is InChI=1S/C12H14FNO/c1-4-7-14-9(2)10-5-6-11(13)12(8-10)15-3/h1,5-6,8-9,14H,7H2,2-3H3. The SMILES string of the molecule is C#CCNC(C)c1ccc(F)c(OC)c1. The number of methoxy groups -OCH3 is 1. The summed E-state index contributed by atoms with van der Waals surface area (Å²) in [5, 5.41) is 3.11. The number of hydrogen-bond donors (Lipinski definition) is 1. The molecule has 0 spiro atoms. The third-order valence-corrected chi connectivity index (χ3v) is 2.19. The van der Waals surface area contributed by atoms with E-state index in [0.29, 0.717) is 6.54 Å². The highest BCUT2D eigenvalue weighted by Crippen LogP contribution is 2.22. The normalized spacial score (nSPS) is 11.9. The molecule has 2 nitrogen and oxygen atoms in total. The van der Waals surface area contributed by atoms with Crippen LogP contribution in [0.25, 0.3) is 0 Å². The third-order valence-electron chi connectivity index (χ3n) is 2.19. The lowest BCUT2D eigenvalue weighted by atomic mass is 10.1. The zero-order valence-corrected chi connectivity index (χ0v) is 8.88. The molecule has 0 bridgehead atoms. The predicted molar refractivity (Wildman–Crippen MR) is 58.2 cm³/mol. The van der Waals surface area contributed by atoms with Crippen molar-refractivity contribution < 1.29 is 9.13 Å². The second-order valence-electron chi connectivity index (χ2n) is 3.20. The quantitative estimate of drug-likeness (QED) is 0.763. The lowest BCUT2D eigenvalue weighted by Crippen LogP contribution is -2.18. The van der Waals surface area contributed by atoms with Gasteiger partial charge in [0, 0.05) is 6.04 Å². The Balaban J connectivity index is 2.82. The molecule has 80 valence electrons. The molecule has 0 aromatic heterocycles. The Kier molecular flexibility index (Phi) is 4.14. The van der Waals surface area contributed by atoms with Gasteiger partial charge in [-0.1, -0.05) is 12.0 Å². The van der Waals surface area contributed by atoms with Gasteiger partial charge in [-0.3, -0.25) is 5.32 Å². The Morgan fingerprint density at radius 3 is 2.93 bits per heavy atom. The molecular weight excluding hydrogens is 193 g/mol. The number of benzene rings is 1. The van der Waals surface area contributed by atoms with Crippen molar-refractivity contribution in [3.8, 4) is 18.1 Å². The van der Waals surface area contributed by atoms with Crippen LogP contribution in [0.4, 0.5) is 4.39 Å². The highest BCUT2D eigenvalue weighted by Gasteiger charge is 2.08. The third kappa shape index (κ3) is 2.97. The first-order valence-corrected chi connectivity index (χ1v) is 4.69. The molecular formula is C12H14FNO. The van der Waals surface area contributed by atoms with Gasteiger partial charge in [-0.2, -0.15) is 0 Å². The average Bonchev–Trinajstić information content (AvgIpc) is 2.26. The Hall–Kier alpha value is -1.53. The zero-order valence-electron chi connectivity index (χ0n) is 8.88. The van der Waals surface area contributed by atoms with Gasteiger partial charge in [0.05, 0.1) is 13.7 Å². The molecule has 0 aliphatic rings. The maximum absolute atomic E-state index is 13.1. The summed E-state index contributed by atoms with van der Waals surface area (Å²) in [5.41, 5.74) is 0.948. The first kappa shape index (κ1) is 11.5. The summed E-state index contributed by atoms with van der Waals surface area (Å²) in [4.78, 5) is 0. The number of terminal acetylenes is 1. The van der Waals surface area contributed by atoms with E-state index in [1.54, 1.807) is 12.1 Å². The minimum Gasteiger partial charge on any atom is -0.494 e. The molecule has 0 fully saturated rings. The molecule has 1 rings (SSSR count). The average molecular weight is 207 g/mol. The Morgan fingerprint density at radius 2 is 2.33 bits per heavy atom. The Labute approximate surface area is 89.4 Å². The van der Waals surface area contributed by atoms with Crippen LogP contribution < -0.4 is 10.1 Å². The van der Waals surface area contributed by atoms with Gasteiger partial charge in [-0.15, -0.1) is 6.42 Å². The fourth-order valence-corrected chi connectivity index (χ4v) is 1.28. The van der Waals surface area contributed by atoms with Crippen molar-refractivity contribution in [2.45, 2.75) is 13.0 Å². The van der Waals surface area contributed by atoms with Crippen molar-refractivity contribution in [3.63, 3.8) is 0 Å². The van der Waals surface area contributed by atoms with Gasteiger partial charge in [0.2, 0.25) is 0 Å². The molecule has 1 aromatic carbocycles. The van der Waals surface area contributed by atoms with E-state index in [1.807, 2.05) is 6.92 Å². The highest BCUT2D eigenvalue weighted by molar-refractivity contribution is 5.31. The molecule has 0 aliphatic heterocycles. The minimum absolute atomic E-state index is 0.0792. The Bertz CT molecular complexity index is 370. The minimum atomic E-state index is -0.356. The molecule has 1 unspecified atom stereocenters. The van der Waals surface area contributed by atoms with Gasteiger partial charge < -0.3 is 4.74 Å². The van der Waals surface area contributed by atoms with E-state index in [0.717, 1.165) is 5.56 Å². The number of ether oxygens (including phenoxy) is 1. The first-order valence-electron chi connectivity index (χ1n) is 4.69. The lowest BCUT2D eigenvalue weighted by Gasteiger charge is -2.13. The van der Waals surface area contributed by atoms with Crippen molar-refractivity contribution in [3.05, 3.63) is 29.6 Å². The van der Waals surface area contributed by atoms with Crippen LogP contribution >= 0.6 is 0 Å². The summed E-state index contributed by atoms with van der Waals surface area (Å²) in [6.45, 7) is 2.45. The molecule has 1 aromatic rings. The predicted octanol–water partition coefficient (Wildman–Crippen LogP) is 2.12. The van der Waals surface area contributed by atoms with Gasteiger partial charge in [0.1, 0.15) is 0 Å². The molecule has 3 heteroatoms. The summed E-state index contributed by atoms with van der Waals surface area (Å²) in [6, 6.07) is 4.85. The molecule has 0 radical (unpaired) electrons. The van der Waals surface area contributed by atoms with Gasteiger partial charge >= 0.3 is 0 Å². The summed E-state index contributed by atoms with van der Waals surface area (Å²) in [5.74, 6) is 2.39. The maximum Gasteiger partial charge on any atom is 0.165 e. The van der Waals surface area contributed by atoms with Crippen LogP contribution in [-0.2, 0) is 0 Å². The molecule has 0 saturated carbocycles. The van der Waals surface area contributed by atoms with Crippen LogP contribution in [0.15, 0.2) is 18.2 Å². The van der Waals surface area contributed by atoms with E-state index in [4.69, 9.17) is 11.2 Å². The van der Waals surface area contributed by atoms with Crippen LogP contribution in [0.3, 0.4) is 0 Å². The first-order chi connectivity index (χ1) is 7.19. The van der Waals surface area contributed by atoms with E-state index in [-0.39, 0.29) is 17.6 Å². The fourth-order valence-electron chi connectivity index (χ4n) is 1.28. The number of hydrogen-bond acceptors (Lipinski definition) is 2. The van der Waals surface area contributed by atoms with Gasteiger partial charge in [-0.25, -0.2) is 4.39 Å². The molecule has 1 atom stereocenters. The maximum atomic E-state index is 13.1. The Morgan fingerprint density at radius 1 is 1.60 bits per heavy atom. The molecule has 15 heavy (non-hydrogen) atoms. The van der Waals surface area contributed by atoms with Gasteiger partial charge in [0.25, 0.3) is 0 Å². The zero-order chi connectivity index (χ0) is 11.3. The monoisotopic (exact) mass is 207 g/mol. The van der Waals surface area contributed by atoms with Gasteiger partial charge in [0.15, 0.2) is 11.6 Å². The van der Waals surface area contributed by atoms with Crippen molar-refractivity contribution in [2.75, 3.05) is 13.7 Å². The summed E-state index contributed by atoms with van der Waals surface area (Å²) in [7, 11) is 1.45. The van der Waals surface area contributed by atoms with Crippen molar-refractivity contribution in [2.24, 2.45) is 0 Å². The molecule has 0 heterocycles. The molecule has 0 aliphatic carbocycles. The van der Waals surface area contributed by atoms with Crippen molar-refractivity contribution >= 4 is 0 Å². The summed E-state index contributed by atoms with van der Waals surface area (Å²) < 4.78 is 18.0.